The van der Waals surface area contributed by atoms with Crippen LogP contribution in [0.5, 0.6) is 0 Å². The first kappa shape index (κ1) is 14.2. The Hall–Kier alpha value is -0.890. The second-order valence-electron chi connectivity index (χ2n) is 3.47. The molecule has 6 nitrogen and oxygen atoms in total. The molecule has 0 spiro atoms. The lowest BCUT2D eigenvalue weighted by Gasteiger charge is -2.28. The van der Waals surface area contributed by atoms with Gasteiger partial charge in [-0.25, -0.2) is 18.5 Å². The molecule has 1 aliphatic rings. The van der Waals surface area contributed by atoms with E-state index in [9.17, 15) is 8.42 Å². The zero-order chi connectivity index (χ0) is 11.6. The quantitative estimate of drug-likeness (QED) is 0.823. The molecule has 1 aliphatic heterocycles. The van der Waals surface area contributed by atoms with Crippen LogP contribution >= 0.6 is 12.4 Å². The van der Waals surface area contributed by atoms with Crippen LogP contribution < -0.4 is 10.0 Å². The van der Waals surface area contributed by atoms with E-state index in [1.165, 1.54) is 6.07 Å². The molecule has 17 heavy (non-hydrogen) atoms. The molecule has 1 aromatic heterocycles. The Kier molecular flexibility index (Phi) is 4.70. The molecule has 1 saturated heterocycles. The third-order valence-corrected chi connectivity index (χ3v) is 3.30. The third-order valence-electron chi connectivity index (χ3n) is 2.37. The number of nitrogens with two attached hydrogens (primary N) is 1. The number of pyridine rings is 1. The van der Waals surface area contributed by atoms with Gasteiger partial charge in [0.2, 0.25) is 10.0 Å². The van der Waals surface area contributed by atoms with Crippen LogP contribution in [0.1, 0.15) is 0 Å². The van der Waals surface area contributed by atoms with E-state index in [0.717, 1.165) is 0 Å². The maximum atomic E-state index is 11.4. The monoisotopic (exact) mass is 279 g/mol. The van der Waals surface area contributed by atoms with Gasteiger partial charge >= 0.3 is 0 Å². The minimum atomic E-state index is -3.73. The van der Waals surface area contributed by atoms with E-state index in [1.54, 1.807) is 12.3 Å². The summed E-state index contributed by atoms with van der Waals surface area (Å²) in [6.07, 6.45) is 1.56. The van der Waals surface area contributed by atoms with Crippen LogP contribution in [0.4, 0.5) is 5.82 Å². The lowest BCUT2D eigenvalue weighted by molar-refractivity contribution is 0.122. The van der Waals surface area contributed by atoms with Crippen molar-refractivity contribution in [2.24, 2.45) is 5.14 Å². The van der Waals surface area contributed by atoms with Crippen molar-refractivity contribution >= 4 is 28.2 Å². The van der Waals surface area contributed by atoms with Gasteiger partial charge in [0.1, 0.15) is 10.7 Å². The van der Waals surface area contributed by atoms with E-state index in [4.69, 9.17) is 9.88 Å². The molecule has 96 valence electrons. The lowest BCUT2D eigenvalue weighted by Crippen LogP contribution is -2.38. The fraction of sp³-hybridized carbons (Fsp3) is 0.444. The van der Waals surface area contributed by atoms with Crippen LogP contribution in [0.2, 0.25) is 0 Å². The van der Waals surface area contributed by atoms with Crippen LogP contribution in [0.15, 0.2) is 23.2 Å². The molecule has 1 aromatic rings. The summed E-state index contributed by atoms with van der Waals surface area (Å²) >= 11 is 0. The summed E-state index contributed by atoms with van der Waals surface area (Å²) in [4.78, 5) is 6.01. The summed E-state index contributed by atoms with van der Waals surface area (Å²) in [5, 5.41) is 5.14. The number of morpholine rings is 1. The van der Waals surface area contributed by atoms with Crippen LogP contribution in [-0.2, 0) is 14.8 Å². The van der Waals surface area contributed by atoms with Crippen molar-refractivity contribution in [2.45, 2.75) is 4.90 Å². The first-order chi connectivity index (χ1) is 7.59. The maximum Gasteiger partial charge on any atom is 0.241 e. The van der Waals surface area contributed by atoms with Gasteiger partial charge in [-0.15, -0.1) is 12.4 Å². The summed E-state index contributed by atoms with van der Waals surface area (Å²) in [6, 6.07) is 3.02. The molecule has 2 rings (SSSR count). The van der Waals surface area contributed by atoms with Gasteiger partial charge in [-0.2, -0.15) is 0 Å². The number of hydrogen-bond donors (Lipinski definition) is 1. The molecule has 2 heterocycles. The van der Waals surface area contributed by atoms with Crippen molar-refractivity contribution in [1.29, 1.82) is 0 Å². The number of anilines is 1. The summed E-state index contributed by atoms with van der Waals surface area (Å²) in [5.41, 5.74) is 0. The Labute approximate surface area is 106 Å². The average molecular weight is 280 g/mol. The molecule has 1 fully saturated rings. The van der Waals surface area contributed by atoms with Gasteiger partial charge in [0.25, 0.3) is 0 Å². The van der Waals surface area contributed by atoms with Crippen LogP contribution in [0, 0.1) is 0 Å². The predicted molar refractivity (Wildman–Crippen MR) is 65.9 cm³/mol. The van der Waals surface area contributed by atoms with Gasteiger partial charge in [0, 0.05) is 19.3 Å². The number of aromatic nitrogens is 1. The number of hydrogen-bond acceptors (Lipinski definition) is 5. The third kappa shape index (κ3) is 3.29. The summed E-state index contributed by atoms with van der Waals surface area (Å²) in [7, 11) is -3.73. The Morgan fingerprint density at radius 2 is 2.00 bits per heavy atom. The molecule has 0 radical (unpaired) electrons. The van der Waals surface area contributed by atoms with Crippen molar-refractivity contribution in [2.75, 3.05) is 31.2 Å². The highest BCUT2D eigenvalue weighted by atomic mass is 35.5. The topological polar surface area (TPSA) is 85.5 Å². The van der Waals surface area contributed by atoms with Crippen molar-refractivity contribution in [1.82, 2.24) is 4.98 Å². The zero-order valence-electron chi connectivity index (χ0n) is 9.07. The van der Waals surface area contributed by atoms with E-state index in [1.807, 2.05) is 4.90 Å². The average Bonchev–Trinajstić information content (AvgIpc) is 2.29. The van der Waals surface area contributed by atoms with Crippen molar-refractivity contribution in [3.63, 3.8) is 0 Å². The Bertz CT molecular complexity index is 474. The predicted octanol–water partition coefficient (Wildman–Crippen LogP) is -0.0126. The molecule has 0 atom stereocenters. The number of rotatable bonds is 2. The smallest absolute Gasteiger partial charge is 0.241 e. The van der Waals surface area contributed by atoms with Gasteiger partial charge < -0.3 is 9.64 Å². The Morgan fingerprint density at radius 1 is 1.35 bits per heavy atom. The van der Waals surface area contributed by atoms with E-state index < -0.39 is 10.0 Å². The largest absolute Gasteiger partial charge is 0.378 e. The Morgan fingerprint density at radius 3 is 2.59 bits per heavy atom. The lowest BCUT2D eigenvalue weighted by atomic mass is 10.4. The SMILES string of the molecule is Cl.NS(=O)(=O)c1cccnc1N1CCOCC1. The van der Waals surface area contributed by atoms with Crippen LogP contribution in [0.3, 0.4) is 0 Å². The highest BCUT2D eigenvalue weighted by Crippen LogP contribution is 2.21. The van der Waals surface area contributed by atoms with Crippen molar-refractivity contribution in [3.05, 3.63) is 18.3 Å². The molecular weight excluding hydrogens is 266 g/mol. The molecule has 8 heteroatoms. The number of primary sulfonamides is 1. The second kappa shape index (κ2) is 5.63. The summed E-state index contributed by atoms with van der Waals surface area (Å²) < 4.78 is 27.9. The minimum Gasteiger partial charge on any atom is -0.378 e. The van der Waals surface area contributed by atoms with E-state index >= 15 is 0 Å². The Balaban J connectivity index is 0.00000144. The first-order valence-corrected chi connectivity index (χ1v) is 6.44. The van der Waals surface area contributed by atoms with Gasteiger partial charge in [-0.05, 0) is 12.1 Å². The molecule has 0 saturated carbocycles. The molecule has 0 amide bonds. The first-order valence-electron chi connectivity index (χ1n) is 4.89. The standard InChI is InChI=1S/C9H13N3O3S.ClH/c10-16(13,14)8-2-1-3-11-9(8)12-4-6-15-7-5-12;/h1-3H,4-7H2,(H2,10,13,14);1H. The fourth-order valence-electron chi connectivity index (χ4n) is 1.62. The van der Waals surface area contributed by atoms with Crippen LogP contribution in [-0.4, -0.2) is 39.7 Å². The maximum absolute atomic E-state index is 11.4. The normalized spacial score (nSPS) is 16.4. The zero-order valence-corrected chi connectivity index (χ0v) is 10.7. The minimum absolute atomic E-state index is 0. The van der Waals surface area contributed by atoms with Gasteiger partial charge in [0.15, 0.2) is 0 Å². The van der Waals surface area contributed by atoms with Gasteiger partial charge in [0.05, 0.1) is 13.2 Å². The second-order valence-corrected chi connectivity index (χ2v) is 5.00. The van der Waals surface area contributed by atoms with Crippen molar-refractivity contribution < 1.29 is 13.2 Å². The molecular formula is C9H14ClN3O3S. The van der Waals surface area contributed by atoms with Crippen LogP contribution in [0.25, 0.3) is 0 Å². The van der Waals surface area contributed by atoms with E-state index in [-0.39, 0.29) is 17.3 Å². The van der Waals surface area contributed by atoms with Crippen molar-refractivity contribution in [3.8, 4) is 0 Å². The van der Waals surface area contributed by atoms with Gasteiger partial charge in [-0.1, -0.05) is 0 Å². The van der Waals surface area contributed by atoms with E-state index in [0.29, 0.717) is 32.1 Å². The number of nitrogens with zero attached hydrogens (tertiary/aromatic N) is 2. The summed E-state index contributed by atoms with van der Waals surface area (Å²) in [5.74, 6) is 0.410. The summed E-state index contributed by atoms with van der Waals surface area (Å²) in [6.45, 7) is 2.39. The highest BCUT2D eigenvalue weighted by Gasteiger charge is 2.21. The molecule has 0 unspecified atom stereocenters. The molecule has 0 aliphatic carbocycles. The molecule has 0 bridgehead atoms. The molecule has 2 N–H and O–H groups in total. The number of ether oxygens (including phenoxy) is 1. The highest BCUT2D eigenvalue weighted by molar-refractivity contribution is 7.89. The van der Waals surface area contributed by atoms with Gasteiger partial charge in [-0.3, -0.25) is 0 Å². The fourth-order valence-corrected chi connectivity index (χ4v) is 2.32. The number of sulfonamides is 1. The van der Waals surface area contributed by atoms with E-state index in [2.05, 4.69) is 4.98 Å². The molecule has 0 aromatic carbocycles. The number of halogens is 1.